The largest absolute Gasteiger partial charge is 0.467 e. The van der Waals surface area contributed by atoms with Crippen molar-refractivity contribution < 1.29 is 14.3 Å². The second-order valence-corrected chi connectivity index (χ2v) is 8.22. The minimum Gasteiger partial charge on any atom is -0.467 e. The van der Waals surface area contributed by atoms with Gasteiger partial charge in [-0.1, -0.05) is 24.3 Å². The first-order valence-corrected chi connectivity index (χ1v) is 10.6. The van der Waals surface area contributed by atoms with Crippen LogP contribution in [0.2, 0.25) is 0 Å². The zero-order valence-electron chi connectivity index (χ0n) is 19.0. The van der Waals surface area contributed by atoms with Gasteiger partial charge < -0.3 is 9.64 Å². The molecule has 0 saturated carbocycles. The van der Waals surface area contributed by atoms with Crippen LogP contribution in [0.5, 0.6) is 0 Å². The molecule has 1 aliphatic heterocycles. The molecule has 0 N–H and O–H groups in total. The summed E-state index contributed by atoms with van der Waals surface area (Å²) in [5, 5.41) is 4.60. The van der Waals surface area contributed by atoms with Gasteiger partial charge in [0.2, 0.25) is 5.91 Å². The average Bonchev–Trinajstić information content (AvgIpc) is 3.05. The van der Waals surface area contributed by atoms with Gasteiger partial charge in [-0.15, -0.1) is 0 Å². The molecule has 0 saturated heterocycles. The number of carbonyl (C=O) groups is 2. The lowest BCUT2D eigenvalue weighted by molar-refractivity contribution is -0.153. The van der Waals surface area contributed by atoms with Crippen LogP contribution in [0, 0.1) is 27.7 Å². The lowest BCUT2D eigenvalue weighted by atomic mass is 9.93. The van der Waals surface area contributed by atoms with Gasteiger partial charge in [-0.2, -0.15) is 5.10 Å². The molecule has 1 aromatic carbocycles. The molecular formula is C24H27N5O3. The van der Waals surface area contributed by atoms with Gasteiger partial charge in [0.05, 0.1) is 19.2 Å². The lowest BCUT2D eigenvalue weighted by Crippen LogP contribution is -2.49. The number of ether oxygens (including phenoxy) is 1. The van der Waals surface area contributed by atoms with E-state index in [1.807, 2.05) is 58.0 Å². The number of nitrogens with zero attached hydrogens (tertiary/aromatic N) is 5. The van der Waals surface area contributed by atoms with E-state index in [0.29, 0.717) is 18.9 Å². The molecule has 3 heterocycles. The van der Waals surface area contributed by atoms with Gasteiger partial charge in [-0.25, -0.2) is 19.4 Å². The van der Waals surface area contributed by atoms with Crippen LogP contribution in [0.3, 0.4) is 0 Å². The molecule has 32 heavy (non-hydrogen) atoms. The zero-order chi connectivity index (χ0) is 23.0. The molecule has 1 unspecified atom stereocenters. The van der Waals surface area contributed by atoms with Crippen LogP contribution in [0.1, 0.15) is 39.5 Å². The minimum atomic E-state index is -0.638. The van der Waals surface area contributed by atoms with Crippen molar-refractivity contribution in [2.45, 2.75) is 53.1 Å². The van der Waals surface area contributed by atoms with Crippen LogP contribution in [0.25, 0.3) is 5.95 Å². The second-order valence-electron chi connectivity index (χ2n) is 8.22. The molecule has 1 atom stereocenters. The molecule has 0 radical (unpaired) electrons. The molecule has 4 rings (SSSR count). The summed E-state index contributed by atoms with van der Waals surface area (Å²) in [6, 6.07) is 9.15. The molecule has 1 amide bonds. The Bertz CT molecular complexity index is 1180. The van der Waals surface area contributed by atoms with Crippen molar-refractivity contribution in [1.29, 1.82) is 0 Å². The second kappa shape index (κ2) is 8.53. The SMILES string of the molecule is COC(=O)C1Cc2ccccc2CN1C(=O)Cc1c(C)nn(-c2nc(C)cc(C)n2)c1C. The number of carbonyl (C=O) groups excluding carboxylic acids is 2. The fraction of sp³-hybridized carbons (Fsp3) is 0.375. The summed E-state index contributed by atoms with van der Waals surface area (Å²) in [7, 11) is 1.35. The van der Waals surface area contributed by atoms with E-state index in [9.17, 15) is 9.59 Å². The Balaban J connectivity index is 1.64. The Morgan fingerprint density at radius 3 is 2.38 bits per heavy atom. The highest BCUT2D eigenvalue weighted by molar-refractivity contribution is 5.86. The standard InChI is InChI=1S/C24H27N5O3/c1-14-10-15(2)26-24(25-14)29-17(4)20(16(3)27-29)12-22(30)28-13-19-9-7-6-8-18(19)11-21(28)23(31)32-5/h6-10,21H,11-13H2,1-5H3. The van der Waals surface area contributed by atoms with Gasteiger partial charge in [-0.3, -0.25) is 4.79 Å². The van der Waals surface area contributed by atoms with Crippen molar-refractivity contribution in [3.8, 4) is 5.95 Å². The van der Waals surface area contributed by atoms with Gasteiger partial charge in [-0.05, 0) is 44.9 Å². The molecule has 0 fully saturated rings. The predicted octanol–water partition coefficient (Wildman–Crippen LogP) is 2.56. The number of rotatable bonds is 4. The van der Waals surface area contributed by atoms with E-state index in [0.717, 1.165) is 39.5 Å². The Hall–Kier alpha value is -3.55. The lowest BCUT2D eigenvalue weighted by Gasteiger charge is -2.35. The van der Waals surface area contributed by atoms with Crippen LogP contribution >= 0.6 is 0 Å². The Kier molecular flexibility index (Phi) is 5.78. The van der Waals surface area contributed by atoms with E-state index < -0.39 is 12.0 Å². The maximum absolute atomic E-state index is 13.4. The Morgan fingerprint density at radius 1 is 1.06 bits per heavy atom. The minimum absolute atomic E-state index is 0.137. The first kappa shape index (κ1) is 21.7. The normalized spacial score (nSPS) is 15.4. The van der Waals surface area contributed by atoms with E-state index >= 15 is 0 Å². The average molecular weight is 434 g/mol. The maximum Gasteiger partial charge on any atom is 0.328 e. The van der Waals surface area contributed by atoms with Crippen molar-refractivity contribution in [2.75, 3.05) is 7.11 Å². The Labute approximate surface area is 187 Å². The highest BCUT2D eigenvalue weighted by atomic mass is 16.5. The highest BCUT2D eigenvalue weighted by Gasteiger charge is 2.35. The first-order chi connectivity index (χ1) is 15.3. The van der Waals surface area contributed by atoms with Crippen molar-refractivity contribution in [1.82, 2.24) is 24.6 Å². The predicted molar refractivity (Wildman–Crippen MR) is 118 cm³/mol. The summed E-state index contributed by atoms with van der Waals surface area (Å²) in [4.78, 5) is 36.5. The van der Waals surface area contributed by atoms with Gasteiger partial charge in [0.25, 0.3) is 5.95 Å². The summed E-state index contributed by atoms with van der Waals surface area (Å²) in [5.74, 6) is -0.0521. The smallest absolute Gasteiger partial charge is 0.328 e. The number of aromatic nitrogens is 4. The maximum atomic E-state index is 13.4. The van der Waals surface area contributed by atoms with Crippen molar-refractivity contribution in [3.05, 3.63) is 69.8 Å². The highest BCUT2D eigenvalue weighted by Crippen LogP contribution is 2.26. The van der Waals surface area contributed by atoms with Gasteiger partial charge in [0.15, 0.2) is 0 Å². The van der Waals surface area contributed by atoms with Gasteiger partial charge in [0, 0.05) is 35.6 Å². The molecule has 8 nitrogen and oxygen atoms in total. The van der Waals surface area contributed by atoms with E-state index in [1.165, 1.54) is 7.11 Å². The fourth-order valence-electron chi connectivity index (χ4n) is 4.31. The molecule has 8 heteroatoms. The van der Waals surface area contributed by atoms with Crippen LogP contribution in [-0.2, 0) is 33.7 Å². The van der Waals surface area contributed by atoms with Crippen LogP contribution < -0.4 is 0 Å². The number of hydrogen-bond donors (Lipinski definition) is 0. The monoisotopic (exact) mass is 433 g/mol. The van der Waals surface area contributed by atoms with E-state index in [1.54, 1.807) is 9.58 Å². The first-order valence-electron chi connectivity index (χ1n) is 10.6. The third kappa shape index (κ3) is 4.00. The van der Waals surface area contributed by atoms with Crippen molar-refractivity contribution in [2.24, 2.45) is 0 Å². The molecule has 1 aliphatic rings. The van der Waals surface area contributed by atoms with Gasteiger partial charge in [0.1, 0.15) is 6.04 Å². The topological polar surface area (TPSA) is 90.2 Å². The third-order valence-electron chi connectivity index (χ3n) is 5.97. The summed E-state index contributed by atoms with van der Waals surface area (Å²) in [6.45, 7) is 7.98. The van der Waals surface area contributed by atoms with Crippen LogP contribution in [0.4, 0.5) is 0 Å². The zero-order valence-corrected chi connectivity index (χ0v) is 19.0. The number of aryl methyl sites for hydroxylation is 3. The van der Waals surface area contributed by atoms with Crippen LogP contribution in [-0.4, -0.2) is 49.7 Å². The van der Waals surface area contributed by atoms with E-state index in [2.05, 4.69) is 15.1 Å². The number of esters is 1. The number of fused-ring (bicyclic) bond motifs is 1. The Morgan fingerprint density at radius 2 is 1.72 bits per heavy atom. The molecule has 3 aromatic rings. The van der Waals surface area contributed by atoms with E-state index in [4.69, 9.17) is 4.74 Å². The number of methoxy groups -OCH3 is 1. The molecular weight excluding hydrogens is 406 g/mol. The number of benzene rings is 1. The molecule has 0 aliphatic carbocycles. The van der Waals surface area contributed by atoms with E-state index in [-0.39, 0.29) is 12.3 Å². The number of hydrogen-bond acceptors (Lipinski definition) is 6. The van der Waals surface area contributed by atoms with Crippen LogP contribution in [0.15, 0.2) is 30.3 Å². The third-order valence-corrected chi connectivity index (χ3v) is 5.97. The molecule has 0 bridgehead atoms. The number of amides is 1. The summed E-state index contributed by atoms with van der Waals surface area (Å²) in [6.07, 6.45) is 0.584. The molecule has 166 valence electrons. The summed E-state index contributed by atoms with van der Waals surface area (Å²) >= 11 is 0. The summed E-state index contributed by atoms with van der Waals surface area (Å²) in [5.41, 5.74) is 6.20. The van der Waals surface area contributed by atoms with Crippen molar-refractivity contribution in [3.63, 3.8) is 0 Å². The molecule has 2 aromatic heterocycles. The fourth-order valence-corrected chi connectivity index (χ4v) is 4.31. The van der Waals surface area contributed by atoms with Crippen molar-refractivity contribution >= 4 is 11.9 Å². The van der Waals surface area contributed by atoms with Gasteiger partial charge >= 0.3 is 5.97 Å². The summed E-state index contributed by atoms with van der Waals surface area (Å²) < 4.78 is 6.68. The quantitative estimate of drug-likeness (QED) is 0.588. The molecule has 0 spiro atoms.